The third kappa shape index (κ3) is 3.39. The van der Waals surface area contributed by atoms with Crippen LogP contribution in [0.25, 0.3) is 0 Å². The summed E-state index contributed by atoms with van der Waals surface area (Å²) in [5, 5.41) is 6.23. The number of amides is 1. The van der Waals surface area contributed by atoms with Crippen LogP contribution in [0, 0.1) is 11.3 Å². The first-order chi connectivity index (χ1) is 9.78. The molecule has 0 aliphatic carbocycles. The van der Waals surface area contributed by atoms with Gasteiger partial charge in [-0.1, -0.05) is 13.3 Å². The zero-order chi connectivity index (χ0) is 15.7. The van der Waals surface area contributed by atoms with Crippen molar-refractivity contribution in [1.82, 2.24) is 10.6 Å². The molecule has 0 saturated carbocycles. The average Bonchev–Trinajstić information content (AvgIpc) is 2.67. The Morgan fingerprint density at radius 1 is 1.43 bits per heavy atom. The van der Waals surface area contributed by atoms with E-state index in [9.17, 15) is 9.59 Å². The van der Waals surface area contributed by atoms with Gasteiger partial charge in [0.05, 0.1) is 5.41 Å². The average molecular weight is 296 g/mol. The number of carbonyl (C=O) groups is 2. The molecule has 2 saturated heterocycles. The maximum Gasteiger partial charge on any atom is 0.323 e. The van der Waals surface area contributed by atoms with Crippen LogP contribution in [0.5, 0.6) is 0 Å². The number of nitrogens with one attached hydrogen (secondary N) is 2. The van der Waals surface area contributed by atoms with Gasteiger partial charge in [0.1, 0.15) is 11.6 Å². The second kappa shape index (κ2) is 5.95. The second-order valence-corrected chi connectivity index (χ2v) is 7.35. The van der Waals surface area contributed by atoms with E-state index in [1.54, 1.807) is 0 Å². The van der Waals surface area contributed by atoms with Gasteiger partial charge in [0.15, 0.2) is 0 Å². The van der Waals surface area contributed by atoms with Crippen molar-refractivity contribution >= 4 is 11.9 Å². The van der Waals surface area contributed by atoms with E-state index >= 15 is 0 Å². The van der Waals surface area contributed by atoms with Gasteiger partial charge in [-0.05, 0) is 52.5 Å². The highest BCUT2D eigenvalue weighted by atomic mass is 16.6. The summed E-state index contributed by atoms with van der Waals surface area (Å²) in [4.78, 5) is 24.7. The van der Waals surface area contributed by atoms with Crippen molar-refractivity contribution in [2.45, 2.75) is 65.0 Å². The number of hydrogen-bond donors (Lipinski definition) is 2. The molecule has 3 atom stereocenters. The molecule has 0 aromatic heterocycles. The lowest BCUT2D eigenvalue weighted by Gasteiger charge is -2.40. The summed E-state index contributed by atoms with van der Waals surface area (Å²) >= 11 is 0. The van der Waals surface area contributed by atoms with E-state index in [0.717, 1.165) is 25.8 Å². The van der Waals surface area contributed by atoms with Crippen molar-refractivity contribution in [3.8, 4) is 0 Å². The van der Waals surface area contributed by atoms with E-state index in [0.29, 0.717) is 18.9 Å². The molecule has 3 unspecified atom stereocenters. The summed E-state index contributed by atoms with van der Waals surface area (Å²) < 4.78 is 5.48. The Balaban J connectivity index is 2.12. The quantitative estimate of drug-likeness (QED) is 0.777. The van der Waals surface area contributed by atoms with Gasteiger partial charge in [-0.15, -0.1) is 0 Å². The van der Waals surface area contributed by atoms with Gasteiger partial charge in [0.25, 0.3) is 0 Å². The summed E-state index contributed by atoms with van der Waals surface area (Å²) in [6.07, 6.45) is 3.45. The van der Waals surface area contributed by atoms with E-state index in [1.807, 2.05) is 20.8 Å². The molecule has 21 heavy (non-hydrogen) atoms. The Morgan fingerprint density at radius 3 is 2.76 bits per heavy atom. The third-order valence-corrected chi connectivity index (χ3v) is 4.60. The van der Waals surface area contributed by atoms with Gasteiger partial charge >= 0.3 is 5.97 Å². The maximum absolute atomic E-state index is 12.4. The molecule has 2 aliphatic heterocycles. The third-order valence-electron chi connectivity index (χ3n) is 4.60. The van der Waals surface area contributed by atoms with E-state index in [2.05, 4.69) is 17.6 Å². The van der Waals surface area contributed by atoms with Gasteiger partial charge in [-0.2, -0.15) is 0 Å². The number of carbonyl (C=O) groups excluding carboxylic acids is 2. The molecular weight excluding hydrogens is 268 g/mol. The van der Waals surface area contributed by atoms with Crippen molar-refractivity contribution in [1.29, 1.82) is 0 Å². The fourth-order valence-electron chi connectivity index (χ4n) is 3.62. The molecule has 2 rings (SSSR count). The molecule has 1 spiro atoms. The topological polar surface area (TPSA) is 67.4 Å². The Hall–Kier alpha value is -1.10. The highest BCUT2D eigenvalue weighted by Gasteiger charge is 2.53. The lowest BCUT2D eigenvalue weighted by atomic mass is 9.67. The van der Waals surface area contributed by atoms with Crippen LogP contribution in [0.2, 0.25) is 0 Å². The number of piperidine rings is 1. The molecule has 2 heterocycles. The van der Waals surface area contributed by atoms with Crippen molar-refractivity contribution in [3.05, 3.63) is 0 Å². The lowest BCUT2D eigenvalue weighted by molar-refractivity contribution is -0.160. The minimum atomic E-state index is -0.496. The molecule has 0 radical (unpaired) electrons. The molecule has 0 aromatic carbocycles. The smallest absolute Gasteiger partial charge is 0.323 e. The monoisotopic (exact) mass is 296 g/mol. The molecule has 2 aliphatic rings. The van der Waals surface area contributed by atoms with Crippen LogP contribution in [-0.4, -0.2) is 36.6 Å². The predicted molar refractivity (Wildman–Crippen MR) is 80.7 cm³/mol. The summed E-state index contributed by atoms with van der Waals surface area (Å²) in [6, 6.07) is -0.374. The fraction of sp³-hybridized carbons (Fsp3) is 0.875. The molecule has 2 fully saturated rings. The van der Waals surface area contributed by atoms with Crippen molar-refractivity contribution in [3.63, 3.8) is 0 Å². The number of esters is 1. The molecular formula is C16H28N2O3. The van der Waals surface area contributed by atoms with Crippen molar-refractivity contribution < 1.29 is 14.3 Å². The van der Waals surface area contributed by atoms with Crippen LogP contribution in [0.15, 0.2) is 0 Å². The maximum atomic E-state index is 12.4. The fourth-order valence-corrected chi connectivity index (χ4v) is 3.62. The first-order valence-electron chi connectivity index (χ1n) is 8.03. The first-order valence-corrected chi connectivity index (χ1v) is 8.03. The van der Waals surface area contributed by atoms with Crippen LogP contribution < -0.4 is 10.6 Å². The predicted octanol–water partition coefficient (Wildman–Crippen LogP) is 1.61. The van der Waals surface area contributed by atoms with Gasteiger partial charge in [0, 0.05) is 6.54 Å². The van der Waals surface area contributed by atoms with Gasteiger partial charge in [0.2, 0.25) is 5.91 Å². The second-order valence-electron chi connectivity index (χ2n) is 7.35. The SMILES string of the molecule is CCCC1CNC(=O)C12CCNC(C(=O)OC(C)(C)C)C2. The Morgan fingerprint density at radius 2 is 2.14 bits per heavy atom. The molecule has 120 valence electrons. The highest BCUT2D eigenvalue weighted by Crippen LogP contribution is 2.44. The van der Waals surface area contributed by atoms with E-state index in [4.69, 9.17) is 4.74 Å². The normalized spacial score (nSPS) is 33.0. The Bertz CT molecular complexity index is 416. The number of rotatable bonds is 3. The number of hydrogen-bond acceptors (Lipinski definition) is 4. The van der Waals surface area contributed by atoms with Crippen LogP contribution in [-0.2, 0) is 14.3 Å². The van der Waals surface area contributed by atoms with Crippen molar-refractivity contribution in [2.24, 2.45) is 11.3 Å². The van der Waals surface area contributed by atoms with E-state index < -0.39 is 5.60 Å². The van der Waals surface area contributed by atoms with Crippen molar-refractivity contribution in [2.75, 3.05) is 13.1 Å². The molecule has 2 N–H and O–H groups in total. The van der Waals surface area contributed by atoms with E-state index in [-0.39, 0.29) is 23.3 Å². The molecule has 0 aromatic rings. The lowest BCUT2D eigenvalue weighted by Crippen LogP contribution is -2.53. The molecule has 0 bridgehead atoms. The summed E-state index contributed by atoms with van der Waals surface area (Å²) in [7, 11) is 0. The Labute approximate surface area is 127 Å². The molecule has 1 amide bonds. The minimum absolute atomic E-state index is 0.121. The van der Waals surface area contributed by atoms with Crippen LogP contribution >= 0.6 is 0 Å². The van der Waals surface area contributed by atoms with Gasteiger partial charge in [-0.25, -0.2) is 0 Å². The standard InChI is InChI=1S/C16H28N2O3/c1-5-6-11-10-18-14(20)16(11)7-8-17-12(9-16)13(19)21-15(2,3)4/h11-12,17H,5-10H2,1-4H3,(H,18,20). The minimum Gasteiger partial charge on any atom is -0.459 e. The molecule has 5 nitrogen and oxygen atoms in total. The zero-order valence-electron chi connectivity index (χ0n) is 13.6. The van der Waals surface area contributed by atoms with Crippen LogP contribution in [0.1, 0.15) is 53.4 Å². The van der Waals surface area contributed by atoms with Crippen LogP contribution in [0.4, 0.5) is 0 Å². The summed E-state index contributed by atoms with van der Waals surface area (Å²) in [5.74, 6) is 0.217. The highest BCUT2D eigenvalue weighted by molar-refractivity contribution is 5.87. The first kappa shape index (κ1) is 16.3. The van der Waals surface area contributed by atoms with Crippen LogP contribution in [0.3, 0.4) is 0 Å². The van der Waals surface area contributed by atoms with E-state index in [1.165, 1.54) is 0 Å². The van der Waals surface area contributed by atoms with Gasteiger partial charge < -0.3 is 15.4 Å². The van der Waals surface area contributed by atoms with Gasteiger partial charge in [-0.3, -0.25) is 9.59 Å². The molecule has 5 heteroatoms. The zero-order valence-corrected chi connectivity index (χ0v) is 13.6. The Kier molecular flexibility index (Phi) is 4.61. The summed E-state index contributed by atoms with van der Waals surface area (Å²) in [5.41, 5.74) is -0.882. The number of ether oxygens (including phenoxy) is 1. The largest absolute Gasteiger partial charge is 0.459 e. The summed E-state index contributed by atoms with van der Waals surface area (Å²) in [6.45, 7) is 9.18.